The fourth-order valence-electron chi connectivity index (χ4n) is 1.43. The molecule has 0 aliphatic heterocycles. The average molecular weight is 180 g/mol. The first-order valence-corrected chi connectivity index (χ1v) is 5.75. The second-order valence-electron chi connectivity index (χ2n) is 2.99. The van der Waals surface area contributed by atoms with Gasteiger partial charge in [-0.25, -0.2) is 0 Å². The lowest BCUT2D eigenvalue weighted by molar-refractivity contribution is 1.09. The maximum atomic E-state index is 2.23. The van der Waals surface area contributed by atoms with Crippen LogP contribution in [-0.4, -0.2) is 6.26 Å². The highest BCUT2D eigenvalue weighted by atomic mass is 32.2. The zero-order valence-corrected chi connectivity index (χ0v) is 8.87. The van der Waals surface area contributed by atoms with Crippen LogP contribution in [0.5, 0.6) is 0 Å². The highest BCUT2D eigenvalue weighted by Gasteiger charge is 2.00. The third kappa shape index (κ3) is 2.04. The molecule has 0 nitrogen and oxygen atoms in total. The van der Waals surface area contributed by atoms with Crippen molar-refractivity contribution in [2.75, 3.05) is 6.26 Å². The predicted molar refractivity (Wildman–Crippen MR) is 57.8 cm³/mol. The lowest BCUT2D eigenvalue weighted by Gasteiger charge is -2.08. The minimum Gasteiger partial charge on any atom is -0.161 e. The van der Waals surface area contributed by atoms with Crippen LogP contribution in [0.1, 0.15) is 23.6 Å². The zero-order chi connectivity index (χ0) is 8.97. The maximum Gasteiger partial charge on any atom is 0.0184 e. The van der Waals surface area contributed by atoms with Crippen molar-refractivity contribution in [3.8, 4) is 0 Å². The van der Waals surface area contributed by atoms with E-state index in [4.69, 9.17) is 0 Å². The van der Waals surface area contributed by atoms with E-state index in [1.54, 1.807) is 0 Å². The molecule has 0 saturated heterocycles. The number of benzene rings is 1. The van der Waals surface area contributed by atoms with E-state index in [2.05, 4.69) is 38.3 Å². The summed E-state index contributed by atoms with van der Waals surface area (Å²) in [5.41, 5.74) is 4.46. The summed E-state index contributed by atoms with van der Waals surface area (Å²) in [6.45, 7) is 4.44. The first kappa shape index (κ1) is 9.66. The Balaban J connectivity index is 2.97. The topological polar surface area (TPSA) is 0 Å². The van der Waals surface area contributed by atoms with Gasteiger partial charge in [0.2, 0.25) is 0 Å². The Hall–Kier alpha value is -0.430. The second kappa shape index (κ2) is 4.56. The van der Waals surface area contributed by atoms with Crippen LogP contribution in [0.3, 0.4) is 0 Å². The Morgan fingerprint density at radius 2 is 1.92 bits per heavy atom. The van der Waals surface area contributed by atoms with Crippen LogP contribution in [0.4, 0.5) is 0 Å². The van der Waals surface area contributed by atoms with Gasteiger partial charge < -0.3 is 0 Å². The lowest BCUT2D eigenvalue weighted by atomic mass is 10.0. The third-order valence-electron chi connectivity index (χ3n) is 2.24. The van der Waals surface area contributed by atoms with Crippen molar-refractivity contribution in [2.45, 2.75) is 26.0 Å². The molecule has 0 saturated carbocycles. The van der Waals surface area contributed by atoms with Crippen molar-refractivity contribution in [3.05, 3.63) is 34.9 Å². The second-order valence-corrected chi connectivity index (χ2v) is 3.85. The molecule has 0 atom stereocenters. The molecule has 1 rings (SSSR count). The monoisotopic (exact) mass is 180 g/mol. The number of aryl methyl sites for hydroxylation is 1. The Kier molecular flexibility index (Phi) is 3.67. The van der Waals surface area contributed by atoms with E-state index in [1.807, 2.05) is 11.8 Å². The molecule has 0 heterocycles. The van der Waals surface area contributed by atoms with Crippen LogP contribution < -0.4 is 0 Å². The van der Waals surface area contributed by atoms with Gasteiger partial charge in [0.15, 0.2) is 0 Å². The van der Waals surface area contributed by atoms with Gasteiger partial charge in [-0.05, 0) is 36.3 Å². The minimum atomic E-state index is 1.14. The molecular weight excluding hydrogens is 164 g/mol. The van der Waals surface area contributed by atoms with Crippen LogP contribution in [0, 0.1) is 6.92 Å². The molecular formula is C11H16S. The summed E-state index contributed by atoms with van der Waals surface area (Å²) in [6, 6.07) is 6.61. The summed E-state index contributed by atoms with van der Waals surface area (Å²) < 4.78 is 0. The van der Waals surface area contributed by atoms with Crippen LogP contribution in [0.25, 0.3) is 0 Å². The zero-order valence-electron chi connectivity index (χ0n) is 8.05. The highest BCUT2D eigenvalue weighted by molar-refractivity contribution is 7.97. The van der Waals surface area contributed by atoms with Crippen LogP contribution in [-0.2, 0) is 12.2 Å². The van der Waals surface area contributed by atoms with Gasteiger partial charge in [-0.1, -0.05) is 25.1 Å². The maximum absolute atomic E-state index is 2.23. The van der Waals surface area contributed by atoms with Crippen molar-refractivity contribution in [1.82, 2.24) is 0 Å². The van der Waals surface area contributed by atoms with E-state index in [0.29, 0.717) is 0 Å². The molecule has 0 bridgehead atoms. The third-order valence-corrected chi connectivity index (χ3v) is 2.84. The van der Waals surface area contributed by atoms with Crippen LogP contribution in [0.15, 0.2) is 18.2 Å². The summed E-state index contributed by atoms with van der Waals surface area (Å²) >= 11 is 1.89. The van der Waals surface area contributed by atoms with Crippen molar-refractivity contribution in [1.29, 1.82) is 0 Å². The minimum absolute atomic E-state index is 1.14. The normalized spacial score (nSPS) is 10.2. The van der Waals surface area contributed by atoms with Crippen molar-refractivity contribution >= 4 is 11.8 Å². The Morgan fingerprint density at radius 1 is 1.25 bits per heavy atom. The largest absolute Gasteiger partial charge is 0.161 e. The Morgan fingerprint density at radius 3 is 2.50 bits per heavy atom. The summed E-state index contributed by atoms with van der Waals surface area (Å²) in [5, 5.41) is 0. The number of hydrogen-bond acceptors (Lipinski definition) is 1. The van der Waals surface area contributed by atoms with E-state index in [1.165, 1.54) is 16.7 Å². The Bertz CT molecular complexity index is 253. The molecule has 1 heteroatoms. The van der Waals surface area contributed by atoms with Gasteiger partial charge in [0.1, 0.15) is 0 Å². The van der Waals surface area contributed by atoms with Gasteiger partial charge in [-0.3, -0.25) is 0 Å². The molecule has 0 fully saturated rings. The standard InChI is InChI=1S/C11H16S/c1-4-10-6-5-7-11(8-12-3)9(10)2/h5-7H,4,8H2,1-3H3. The van der Waals surface area contributed by atoms with E-state index in [-0.39, 0.29) is 0 Å². The Labute approximate surface area is 79.4 Å². The lowest BCUT2D eigenvalue weighted by Crippen LogP contribution is -1.92. The van der Waals surface area contributed by atoms with Gasteiger partial charge in [-0.15, -0.1) is 0 Å². The van der Waals surface area contributed by atoms with Gasteiger partial charge in [0.25, 0.3) is 0 Å². The fourth-order valence-corrected chi connectivity index (χ4v) is 2.06. The van der Waals surface area contributed by atoms with Crippen LogP contribution >= 0.6 is 11.8 Å². The molecule has 0 aliphatic rings. The molecule has 12 heavy (non-hydrogen) atoms. The first-order chi connectivity index (χ1) is 5.79. The van der Waals surface area contributed by atoms with Crippen molar-refractivity contribution < 1.29 is 0 Å². The predicted octanol–water partition coefficient (Wildman–Crippen LogP) is 3.42. The molecule has 1 aromatic carbocycles. The average Bonchev–Trinajstić information content (AvgIpc) is 2.09. The molecule has 0 radical (unpaired) electrons. The molecule has 66 valence electrons. The SMILES string of the molecule is CCc1cccc(CSC)c1C. The number of thioether (sulfide) groups is 1. The molecule has 0 unspecified atom stereocenters. The van der Waals surface area contributed by atoms with E-state index >= 15 is 0 Å². The van der Waals surface area contributed by atoms with Crippen molar-refractivity contribution in [3.63, 3.8) is 0 Å². The first-order valence-electron chi connectivity index (χ1n) is 4.36. The van der Waals surface area contributed by atoms with E-state index < -0.39 is 0 Å². The molecule has 0 spiro atoms. The molecule has 1 aromatic rings. The van der Waals surface area contributed by atoms with Gasteiger partial charge in [0.05, 0.1) is 0 Å². The van der Waals surface area contributed by atoms with E-state index in [9.17, 15) is 0 Å². The van der Waals surface area contributed by atoms with E-state index in [0.717, 1.165) is 12.2 Å². The summed E-state index contributed by atoms with van der Waals surface area (Å²) in [4.78, 5) is 0. The van der Waals surface area contributed by atoms with Gasteiger partial charge >= 0.3 is 0 Å². The summed E-state index contributed by atoms with van der Waals surface area (Å²) in [6.07, 6.45) is 3.30. The van der Waals surface area contributed by atoms with Gasteiger partial charge in [-0.2, -0.15) is 11.8 Å². The highest BCUT2D eigenvalue weighted by Crippen LogP contribution is 2.18. The number of hydrogen-bond donors (Lipinski definition) is 0. The summed E-state index contributed by atoms with van der Waals surface area (Å²) in [5.74, 6) is 1.14. The summed E-state index contributed by atoms with van der Waals surface area (Å²) in [7, 11) is 0. The number of rotatable bonds is 3. The molecule has 0 amide bonds. The molecule has 0 aliphatic carbocycles. The van der Waals surface area contributed by atoms with Gasteiger partial charge in [0, 0.05) is 5.75 Å². The van der Waals surface area contributed by atoms with Crippen LogP contribution in [0.2, 0.25) is 0 Å². The fraction of sp³-hybridized carbons (Fsp3) is 0.455. The molecule has 0 aromatic heterocycles. The van der Waals surface area contributed by atoms with Crippen molar-refractivity contribution in [2.24, 2.45) is 0 Å². The molecule has 0 N–H and O–H groups in total. The quantitative estimate of drug-likeness (QED) is 0.687. The smallest absolute Gasteiger partial charge is 0.0184 e.